The van der Waals surface area contributed by atoms with Crippen molar-refractivity contribution in [3.63, 3.8) is 0 Å². The number of aryl methyl sites for hydroxylation is 2. The van der Waals surface area contributed by atoms with Crippen LogP contribution in [0.25, 0.3) is 10.8 Å². The van der Waals surface area contributed by atoms with Crippen molar-refractivity contribution in [2.45, 2.75) is 13.8 Å². The van der Waals surface area contributed by atoms with Crippen LogP contribution >= 0.6 is 24.8 Å². The van der Waals surface area contributed by atoms with Crippen LogP contribution < -0.4 is 0 Å². The van der Waals surface area contributed by atoms with Gasteiger partial charge in [-0.15, -0.1) is 59.3 Å². The summed E-state index contributed by atoms with van der Waals surface area (Å²) in [4.78, 5) is 0. The third-order valence-corrected chi connectivity index (χ3v) is 2.14. The number of benzene rings is 1. The Morgan fingerprint density at radius 1 is 1.07 bits per heavy atom. The number of rotatable bonds is 0. The molecule has 14 heavy (non-hydrogen) atoms. The first-order chi connectivity index (χ1) is 5.27. The molecule has 2 rings (SSSR count). The summed E-state index contributed by atoms with van der Waals surface area (Å²) >= 11 is 0. The van der Waals surface area contributed by atoms with Gasteiger partial charge >= 0.3 is 0 Å². The third kappa shape index (κ3) is 3.15. The van der Waals surface area contributed by atoms with Gasteiger partial charge in [-0.2, -0.15) is 12.1 Å². The van der Waals surface area contributed by atoms with E-state index in [9.17, 15) is 0 Å². The molecular formula is C11H13Cl2Zr-. The van der Waals surface area contributed by atoms with Crippen molar-refractivity contribution in [1.82, 2.24) is 0 Å². The van der Waals surface area contributed by atoms with E-state index >= 15 is 0 Å². The average Bonchev–Trinajstić information content (AvgIpc) is 2.32. The summed E-state index contributed by atoms with van der Waals surface area (Å²) < 4.78 is 0. The van der Waals surface area contributed by atoms with Gasteiger partial charge < -0.3 is 0 Å². The first kappa shape index (κ1) is 16.7. The van der Waals surface area contributed by atoms with Gasteiger partial charge in [-0.1, -0.05) is 12.5 Å². The minimum absolute atomic E-state index is 0. The molecule has 0 atom stereocenters. The molecule has 0 amide bonds. The van der Waals surface area contributed by atoms with Crippen molar-refractivity contribution >= 4 is 35.6 Å². The minimum atomic E-state index is 0. The number of halogens is 2. The average molecular weight is 307 g/mol. The van der Waals surface area contributed by atoms with E-state index in [0.717, 1.165) is 0 Å². The normalized spacial score (nSPS) is 8.43. The Kier molecular flexibility index (Phi) is 8.02. The molecule has 0 aromatic heterocycles. The van der Waals surface area contributed by atoms with Gasteiger partial charge in [-0.25, -0.2) is 0 Å². The van der Waals surface area contributed by atoms with Gasteiger partial charge in [-0.05, 0) is 6.92 Å². The van der Waals surface area contributed by atoms with E-state index in [2.05, 4.69) is 44.2 Å². The topological polar surface area (TPSA) is 0 Å². The Morgan fingerprint density at radius 2 is 1.71 bits per heavy atom. The fraction of sp³-hybridized carbons (Fsp3) is 0.182. The zero-order chi connectivity index (χ0) is 7.84. The zero-order valence-corrected chi connectivity index (χ0v) is 12.3. The molecule has 3 heteroatoms. The first-order valence-electron chi connectivity index (χ1n) is 3.90. The van der Waals surface area contributed by atoms with E-state index in [1.807, 2.05) is 0 Å². The van der Waals surface area contributed by atoms with Crippen LogP contribution in [0.3, 0.4) is 0 Å². The molecule has 0 aliphatic rings. The summed E-state index contributed by atoms with van der Waals surface area (Å²) in [6, 6.07) is 10.9. The maximum atomic E-state index is 2.22. The van der Waals surface area contributed by atoms with Crippen LogP contribution in [0, 0.1) is 13.8 Å². The van der Waals surface area contributed by atoms with E-state index in [-0.39, 0.29) is 51.0 Å². The second kappa shape index (κ2) is 6.72. The largest absolute Gasteiger partial charge is 0.168 e. The molecule has 0 saturated carbocycles. The second-order valence-corrected chi connectivity index (χ2v) is 3.11. The van der Waals surface area contributed by atoms with E-state index < -0.39 is 0 Å². The van der Waals surface area contributed by atoms with Crippen molar-refractivity contribution in [3.05, 3.63) is 41.5 Å². The Labute approximate surface area is 116 Å². The van der Waals surface area contributed by atoms with E-state index in [1.54, 1.807) is 0 Å². The van der Waals surface area contributed by atoms with Crippen LogP contribution in [0.5, 0.6) is 0 Å². The van der Waals surface area contributed by atoms with Crippen molar-refractivity contribution in [2.24, 2.45) is 0 Å². The number of hydrogen-bond acceptors (Lipinski definition) is 0. The molecular weight excluding hydrogens is 294 g/mol. The minimum Gasteiger partial charge on any atom is -0.168 e. The standard InChI is InChI=1S/C11H11.2ClH.Zr/c1-8-3-6-11-9(2)4-5-10(11)7-8;;;/h3-7H,1-2H3;2*1H;/q-1;;;. The Hall–Kier alpha value is 0.293. The van der Waals surface area contributed by atoms with Crippen molar-refractivity contribution in [2.75, 3.05) is 0 Å². The Morgan fingerprint density at radius 3 is 2.36 bits per heavy atom. The van der Waals surface area contributed by atoms with Crippen molar-refractivity contribution in [1.29, 1.82) is 0 Å². The Balaban J connectivity index is 0. The first-order valence-corrected chi connectivity index (χ1v) is 3.90. The van der Waals surface area contributed by atoms with E-state index in [1.165, 1.54) is 21.9 Å². The van der Waals surface area contributed by atoms with Crippen LogP contribution in [-0.2, 0) is 26.2 Å². The molecule has 0 fully saturated rings. The van der Waals surface area contributed by atoms with Gasteiger partial charge in [-0.3, -0.25) is 0 Å². The number of hydrogen-bond donors (Lipinski definition) is 0. The molecule has 0 radical (unpaired) electrons. The molecule has 2 aromatic rings. The molecule has 76 valence electrons. The summed E-state index contributed by atoms with van der Waals surface area (Å²) in [5.41, 5.74) is 2.71. The molecule has 0 aliphatic heterocycles. The van der Waals surface area contributed by atoms with Crippen LogP contribution in [0.4, 0.5) is 0 Å². The zero-order valence-electron chi connectivity index (χ0n) is 8.20. The van der Waals surface area contributed by atoms with Crippen LogP contribution in [0.15, 0.2) is 30.3 Å². The van der Waals surface area contributed by atoms with E-state index in [4.69, 9.17) is 0 Å². The molecule has 0 aliphatic carbocycles. The van der Waals surface area contributed by atoms with E-state index in [0.29, 0.717) is 0 Å². The van der Waals surface area contributed by atoms with Gasteiger partial charge in [0.25, 0.3) is 0 Å². The molecule has 0 saturated heterocycles. The van der Waals surface area contributed by atoms with Gasteiger partial charge in [0.1, 0.15) is 0 Å². The van der Waals surface area contributed by atoms with Crippen LogP contribution in [-0.4, -0.2) is 0 Å². The molecule has 0 N–H and O–H groups in total. The predicted octanol–water partition coefficient (Wildman–Crippen LogP) is 4.02. The molecule has 0 unspecified atom stereocenters. The quantitative estimate of drug-likeness (QED) is 0.645. The fourth-order valence-corrected chi connectivity index (χ4v) is 1.48. The van der Waals surface area contributed by atoms with Gasteiger partial charge in [0.05, 0.1) is 0 Å². The van der Waals surface area contributed by atoms with Gasteiger partial charge in [0.15, 0.2) is 0 Å². The van der Waals surface area contributed by atoms with Crippen molar-refractivity contribution in [3.8, 4) is 0 Å². The Bertz CT molecular complexity index is 393. The summed E-state index contributed by atoms with van der Waals surface area (Å²) in [7, 11) is 0. The fourth-order valence-electron chi connectivity index (χ4n) is 1.48. The van der Waals surface area contributed by atoms with Crippen LogP contribution in [0.1, 0.15) is 11.1 Å². The molecule has 0 spiro atoms. The molecule has 0 bridgehead atoms. The summed E-state index contributed by atoms with van der Waals surface area (Å²) in [5.74, 6) is 0. The summed E-state index contributed by atoms with van der Waals surface area (Å²) in [6.45, 7) is 4.28. The van der Waals surface area contributed by atoms with Gasteiger partial charge in [0, 0.05) is 26.2 Å². The van der Waals surface area contributed by atoms with Crippen molar-refractivity contribution < 1.29 is 26.2 Å². The monoisotopic (exact) mass is 305 g/mol. The smallest absolute Gasteiger partial charge is 0 e. The molecule has 0 nitrogen and oxygen atoms in total. The molecule has 0 heterocycles. The van der Waals surface area contributed by atoms with Crippen LogP contribution in [0.2, 0.25) is 0 Å². The second-order valence-electron chi connectivity index (χ2n) is 3.11. The maximum absolute atomic E-state index is 2.22. The SMILES string of the molecule is Cc1ccc2c(cc[c-]2C)c1.Cl.Cl.[Zr]. The van der Waals surface area contributed by atoms with Gasteiger partial charge in [0.2, 0.25) is 0 Å². The summed E-state index contributed by atoms with van der Waals surface area (Å²) in [5, 5.41) is 2.75. The summed E-state index contributed by atoms with van der Waals surface area (Å²) in [6.07, 6.45) is 0. The maximum Gasteiger partial charge on any atom is 0 e. The molecule has 2 aromatic carbocycles. The predicted molar refractivity (Wildman–Crippen MR) is 63.5 cm³/mol. The third-order valence-electron chi connectivity index (χ3n) is 2.14. The number of fused-ring (bicyclic) bond motifs is 1.